The first-order valence-corrected chi connectivity index (χ1v) is 11.1. The van der Waals surface area contributed by atoms with Gasteiger partial charge in [0.1, 0.15) is 11.4 Å². The van der Waals surface area contributed by atoms with Gasteiger partial charge in [0.15, 0.2) is 0 Å². The van der Waals surface area contributed by atoms with Gasteiger partial charge in [0.25, 0.3) is 5.56 Å². The van der Waals surface area contributed by atoms with E-state index in [9.17, 15) is 9.59 Å². The molecular formula is C25H25N3O2S. The van der Waals surface area contributed by atoms with Crippen molar-refractivity contribution in [2.24, 2.45) is 0 Å². The Morgan fingerprint density at radius 2 is 1.87 bits per heavy atom. The first kappa shape index (κ1) is 21.0. The number of rotatable bonds is 6. The zero-order valence-electron chi connectivity index (χ0n) is 17.9. The van der Waals surface area contributed by atoms with Gasteiger partial charge in [0, 0.05) is 17.0 Å². The molecule has 0 aliphatic carbocycles. The maximum absolute atomic E-state index is 13.3. The third kappa shape index (κ3) is 4.44. The fraction of sp³-hybridized carbons (Fsp3) is 0.240. The normalized spacial score (nSPS) is 11.1. The molecule has 1 amide bonds. The average Bonchev–Trinajstić information content (AvgIpc) is 3.09. The summed E-state index contributed by atoms with van der Waals surface area (Å²) in [6.07, 6.45) is 2.23. The second-order valence-corrected chi connectivity index (χ2v) is 9.00. The highest BCUT2D eigenvalue weighted by atomic mass is 32.1. The average molecular weight is 432 g/mol. The van der Waals surface area contributed by atoms with E-state index in [1.807, 2.05) is 51.1 Å². The molecule has 0 fully saturated rings. The molecule has 4 aromatic rings. The van der Waals surface area contributed by atoms with Crippen LogP contribution >= 0.6 is 11.3 Å². The van der Waals surface area contributed by atoms with Gasteiger partial charge in [0.05, 0.1) is 11.7 Å². The lowest BCUT2D eigenvalue weighted by Gasteiger charge is -2.10. The third-order valence-electron chi connectivity index (χ3n) is 5.41. The van der Waals surface area contributed by atoms with E-state index in [4.69, 9.17) is 0 Å². The molecule has 5 nitrogen and oxygen atoms in total. The van der Waals surface area contributed by atoms with E-state index < -0.39 is 0 Å². The van der Waals surface area contributed by atoms with Crippen LogP contribution in [0, 0.1) is 20.8 Å². The Morgan fingerprint density at radius 1 is 1.10 bits per heavy atom. The number of nitrogens with one attached hydrogen (secondary N) is 1. The van der Waals surface area contributed by atoms with Gasteiger partial charge in [-0.05, 0) is 43.9 Å². The van der Waals surface area contributed by atoms with E-state index in [1.165, 1.54) is 22.2 Å². The van der Waals surface area contributed by atoms with E-state index in [2.05, 4.69) is 28.5 Å². The highest BCUT2D eigenvalue weighted by Crippen LogP contribution is 2.37. The SMILES string of the molecule is Cc1ccc(C)c(-c2c(C)sc3ncn(CC(=O)NCCc4ccccc4)c(=O)c23)c1. The van der Waals surface area contributed by atoms with E-state index in [-0.39, 0.29) is 18.0 Å². The standard InChI is InChI=1S/C25H25N3O2S/c1-16-9-10-17(2)20(13-16)22-18(3)31-24-23(22)25(30)28(15-27-24)14-21(29)26-12-11-19-7-5-4-6-8-19/h4-10,13,15H,11-12,14H2,1-3H3,(H,26,29). The minimum atomic E-state index is -0.195. The lowest BCUT2D eigenvalue weighted by atomic mass is 9.97. The van der Waals surface area contributed by atoms with E-state index in [0.29, 0.717) is 16.8 Å². The molecule has 0 atom stereocenters. The Balaban J connectivity index is 1.60. The van der Waals surface area contributed by atoms with Gasteiger partial charge in [-0.25, -0.2) is 4.98 Å². The summed E-state index contributed by atoms with van der Waals surface area (Å²) in [4.78, 5) is 32.0. The minimum Gasteiger partial charge on any atom is -0.354 e. The predicted octanol–water partition coefficient (Wildman–Crippen LogP) is 4.41. The van der Waals surface area contributed by atoms with Crippen molar-refractivity contribution >= 4 is 27.5 Å². The number of aryl methyl sites for hydroxylation is 3. The molecule has 6 heteroatoms. The molecule has 0 saturated heterocycles. The van der Waals surface area contributed by atoms with E-state index in [1.54, 1.807) is 0 Å². The van der Waals surface area contributed by atoms with Gasteiger partial charge < -0.3 is 5.32 Å². The summed E-state index contributed by atoms with van der Waals surface area (Å²) in [5.74, 6) is -0.195. The van der Waals surface area contributed by atoms with Gasteiger partial charge in [-0.15, -0.1) is 11.3 Å². The molecule has 2 heterocycles. The zero-order valence-corrected chi connectivity index (χ0v) is 18.8. The van der Waals surface area contributed by atoms with Crippen LogP contribution in [0.2, 0.25) is 0 Å². The second kappa shape index (κ2) is 8.86. The third-order valence-corrected chi connectivity index (χ3v) is 6.42. The minimum absolute atomic E-state index is 0.0440. The highest BCUT2D eigenvalue weighted by molar-refractivity contribution is 7.19. The van der Waals surface area contributed by atoms with Crippen LogP contribution in [0.1, 0.15) is 21.6 Å². The molecule has 0 bridgehead atoms. The Morgan fingerprint density at radius 3 is 2.65 bits per heavy atom. The number of hydrogen-bond acceptors (Lipinski definition) is 4. The highest BCUT2D eigenvalue weighted by Gasteiger charge is 2.19. The lowest BCUT2D eigenvalue weighted by molar-refractivity contribution is -0.121. The van der Waals surface area contributed by atoms with Crippen LogP contribution in [0.4, 0.5) is 0 Å². The number of fused-ring (bicyclic) bond motifs is 1. The second-order valence-electron chi connectivity index (χ2n) is 7.79. The van der Waals surface area contributed by atoms with Crippen LogP contribution in [0.15, 0.2) is 59.7 Å². The van der Waals surface area contributed by atoms with Gasteiger partial charge in [0.2, 0.25) is 5.91 Å². The van der Waals surface area contributed by atoms with Crippen molar-refractivity contribution in [1.29, 1.82) is 0 Å². The molecule has 1 N–H and O–H groups in total. The van der Waals surface area contributed by atoms with Crippen molar-refractivity contribution in [3.63, 3.8) is 0 Å². The summed E-state index contributed by atoms with van der Waals surface area (Å²) in [5, 5.41) is 3.49. The Hall–Kier alpha value is -3.25. The molecular weight excluding hydrogens is 406 g/mol. The van der Waals surface area contributed by atoms with Gasteiger partial charge in [-0.2, -0.15) is 0 Å². The Bertz CT molecular complexity index is 1310. The first-order valence-electron chi connectivity index (χ1n) is 10.3. The molecule has 2 aromatic carbocycles. The molecule has 0 unspecified atom stereocenters. The fourth-order valence-electron chi connectivity index (χ4n) is 3.78. The largest absolute Gasteiger partial charge is 0.354 e. The first-order chi connectivity index (χ1) is 14.9. The smallest absolute Gasteiger partial charge is 0.263 e. The summed E-state index contributed by atoms with van der Waals surface area (Å²) in [6.45, 7) is 6.59. The van der Waals surface area contributed by atoms with Crippen LogP contribution in [0.3, 0.4) is 0 Å². The lowest BCUT2D eigenvalue weighted by Crippen LogP contribution is -2.33. The van der Waals surface area contributed by atoms with Gasteiger partial charge >= 0.3 is 0 Å². The zero-order chi connectivity index (χ0) is 22.0. The Kier molecular flexibility index (Phi) is 6.00. The van der Waals surface area contributed by atoms with Crippen molar-refractivity contribution in [2.75, 3.05) is 6.54 Å². The molecule has 0 spiro atoms. The predicted molar refractivity (Wildman–Crippen MR) is 127 cm³/mol. The van der Waals surface area contributed by atoms with E-state index >= 15 is 0 Å². The summed E-state index contributed by atoms with van der Waals surface area (Å²) in [7, 11) is 0. The van der Waals surface area contributed by atoms with Crippen LogP contribution < -0.4 is 10.9 Å². The van der Waals surface area contributed by atoms with Crippen molar-refractivity contribution in [3.05, 3.63) is 86.8 Å². The number of carbonyl (C=O) groups is 1. The van der Waals surface area contributed by atoms with Crippen LogP contribution in [-0.2, 0) is 17.8 Å². The molecule has 2 aromatic heterocycles. The number of benzene rings is 2. The maximum atomic E-state index is 13.3. The van der Waals surface area contributed by atoms with Crippen molar-refractivity contribution in [2.45, 2.75) is 33.7 Å². The number of aromatic nitrogens is 2. The number of amides is 1. The fourth-order valence-corrected chi connectivity index (χ4v) is 4.78. The molecule has 0 radical (unpaired) electrons. The van der Waals surface area contributed by atoms with E-state index in [0.717, 1.165) is 39.1 Å². The van der Waals surface area contributed by atoms with Gasteiger partial charge in [-0.3, -0.25) is 14.2 Å². The monoisotopic (exact) mass is 431 g/mol. The molecule has 31 heavy (non-hydrogen) atoms. The summed E-state index contributed by atoms with van der Waals surface area (Å²) in [5.41, 5.74) is 5.21. The molecule has 0 aliphatic rings. The molecule has 4 rings (SSSR count). The van der Waals surface area contributed by atoms with Crippen LogP contribution in [-0.4, -0.2) is 22.0 Å². The number of hydrogen-bond donors (Lipinski definition) is 1. The molecule has 0 aliphatic heterocycles. The van der Waals surface area contributed by atoms with Crippen molar-refractivity contribution in [1.82, 2.24) is 14.9 Å². The maximum Gasteiger partial charge on any atom is 0.263 e. The number of carbonyl (C=O) groups excluding carboxylic acids is 1. The van der Waals surface area contributed by atoms with Crippen molar-refractivity contribution in [3.8, 4) is 11.1 Å². The summed E-state index contributed by atoms with van der Waals surface area (Å²) in [6, 6.07) is 16.2. The van der Waals surface area contributed by atoms with Crippen LogP contribution in [0.25, 0.3) is 21.3 Å². The molecule has 158 valence electrons. The van der Waals surface area contributed by atoms with Crippen LogP contribution in [0.5, 0.6) is 0 Å². The summed E-state index contributed by atoms with van der Waals surface area (Å²) < 4.78 is 1.40. The topological polar surface area (TPSA) is 64.0 Å². The Labute approximate surface area is 185 Å². The number of nitrogens with zero attached hydrogens (tertiary/aromatic N) is 2. The molecule has 0 saturated carbocycles. The number of thiophene rings is 1. The quantitative estimate of drug-likeness (QED) is 0.492. The van der Waals surface area contributed by atoms with Crippen molar-refractivity contribution < 1.29 is 4.79 Å². The summed E-state index contributed by atoms with van der Waals surface area (Å²) >= 11 is 1.52. The van der Waals surface area contributed by atoms with Gasteiger partial charge in [-0.1, -0.05) is 54.1 Å².